The van der Waals surface area contributed by atoms with Gasteiger partial charge >= 0.3 is 6.18 Å². The van der Waals surface area contributed by atoms with Gasteiger partial charge in [-0.3, -0.25) is 4.79 Å². The molecule has 1 aliphatic rings. The van der Waals surface area contributed by atoms with Crippen LogP contribution in [0.15, 0.2) is 34.6 Å². The number of nitrogens with zero attached hydrogens (tertiary/aromatic N) is 3. The van der Waals surface area contributed by atoms with Crippen LogP contribution < -0.4 is 15.5 Å². The van der Waals surface area contributed by atoms with Crippen LogP contribution in [0.2, 0.25) is 0 Å². The SMILES string of the molecule is CCNC(=NCc1ccc(N2CCCC2=O)cc1)NCCc1nc(C(F)(F)F)cs1. The highest BCUT2D eigenvalue weighted by Crippen LogP contribution is 2.30. The summed E-state index contributed by atoms with van der Waals surface area (Å²) in [6.45, 7) is 4.23. The third-order valence-corrected chi connectivity index (χ3v) is 5.47. The molecule has 0 atom stereocenters. The molecule has 1 fully saturated rings. The first-order valence-corrected chi connectivity index (χ1v) is 10.7. The Bertz CT molecular complexity index is 879. The zero-order chi connectivity index (χ0) is 21.6. The summed E-state index contributed by atoms with van der Waals surface area (Å²) in [7, 11) is 0. The molecule has 0 aliphatic carbocycles. The van der Waals surface area contributed by atoms with Crippen molar-refractivity contribution >= 4 is 28.9 Å². The second-order valence-corrected chi connectivity index (χ2v) is 7.75. The fourth-order valence-corrected chi connectivity index (χ4v) is 3.86. The molecule has 0 unspecified atom stereocenters. The van der Waals surface area contributed by atoms with E-state index < -0.39 is 11.9 Å². The maximum absolute atomic E-state index is 12.6. The second-order valence-electron chi connectivity index (χ2n) is 6.81. The first-order valence-electron chi connectivity index (χ1n) is 9.80. The number of benzene rings is 1. The minimum Gasteiger partial charge on any atom is -0.357 e. The molecule has 1 aliphatic heterocycles. The van der Waals surface area contributed by atoms with Gasteiger partial charge in [0.1, 0.15) is 0 Å². The number of amides is 1. The molecule has 30 heavy (non-hydrogen) atoms. The van der Waals surface area contributed by atoms with Gasteiger partial charge in [0.2, 0.25) is 5.91 Å². The fourth-order valence-electron chi connectivity index (χ4n) is 3.06. The van der Waals surface area contributed by atoms with Crippen LogP contribution in [0.25, 0.3) is 0 Å². The fraction of sp³-hybridized carbons (Fsp3) is 0.450. The van der Waals surface area contributed by atoms with Gasteiger partial charge in [-0.05, 0) is 31.0 Å². The number of rotatable bonds is 7. The molecule has 10 heteroatoms. The Morgan fingerprint density at radius 2 is 2.03 bits per heavy atom. The predicted octanol–water partition coefficient (Wildman–Crippen LogP) is 3.59. The van der Waals surface area contributed by atoms with Gasteiger partial charge in [0.15, 0.2) is 11.7 Å². The van der Waals surface area contributed by atoms with E-state index in [1.807, 2.05) is 31.2 Å². The number of carbonyl (C=O) groups is 1. The second kappa shape index (κ2) is 9.92. The van der Waals surface area contributed by atoms with E-state index in [9.17, 15) is 18.0 Å². The molecule has 1 saturated heterocycles. The van der Waals surface area contributed by atoms with Crippen LogP contribution >= 0.6 is 11.3 Å². The van der Waals surface area contributed by atoms with E-state index >= 15 is 0 Å². The lowest BCUT2D eigenvalue weighted by Gasteiger charge is -2.15. The van der Waals surface area contributed by atoms with Crippen LogP contribution in [0.5, 0.6) is 0 Å². The Labute approximate surface area is 177 Å². The van der Waals surface area contributed by atoms with Crippen molar-refractivity contribution in [2.75, 3.05) is 24.5 Å². The Hall–Kier alpha value is -2.62. The third-order valence-electron chi connectivity index (χ3n) is 4.56. The summed E-state index contributed by atoms with van der Waals surface area (Å²) in [4.78, 5) is 21.8. The first kappa shape index (κ1) is 22.1. The molecule has 1 aromatic heterocycles. The maximum Gasteiger partial charge on any atom is 0.434 e. The summed E-state index contributed by atoms with van der Waals surface area (Å²) < 4.78 is 37.9. The van der Waals surface area contributed by atoms with Crippen molar-refractivity contribution < 1.29 is 18.0 Å². The molecule has 1 aromatic carbocycles. The molecule has 6 nitrogen and oxygen atoms in total. The number of hydrogen-bond acceptors (Lipinski definition) is 4. The van der Waals surface area contributed by atoms with E-state index in [2.05, 4.69) is 20.6 Å². The molecule has 0 bridgehead atoms. The van der Waals surface area contributed by atoms with Crippen LogP contribution in [-0.2, 0) is 23.9 Å². The lowest BCUT2D eigenvalue weighted by Crippen LogP contribution is -2.38. The molecule has 0 saturated carbocycles. The van der Waals surface area contributed by atoms with E-state index in [-0.39, 0.29) is 5.91 Å². The lowest BCUT2D eigenvalue weighted by molar-refractivity contribution is -0.140. The predicted molar refractivity (Wildman–Crippen MR) is 112 cm³/mol. The quantitative estimate of drug-likeness (QED) is 0.511. The van der Waals surface area contributed by atoms with Crippen LogP contribution in [0.1, 0.15) is 36.0 Å². The number of hydrogen-bond donors (Lipinski definition) is 2. The zero-order valence-electron chi connectivity index (χ0n) is 16.6. The number of guanidine groups is 1. The van der Waals surface area contributed by atoms with Crippen molar-refractivity contribution in [2.24, 2.45) is 4.99 Å². The van der Waals surface area contributed by atoms with E-state index in [4.69, 9.17) is 0 Å². The number of thiazole rings is 1. The van der Waals surface area contributed by atoms with Crippen molar-refractivity contribution in [3.8, 4) is 0 Å². The molecule has 162 valence electrons. The Balaban J connectivity index is 1.52. The van der Waals surface area contributed by atoms with E-state index in [0.29, 0.717) is 43.4 Å². The van der Waals surface area contributed by atoms with Gasteiger partial charge in [0, 0.05) is 43.5 Å². The molecule has 1 amide bonds. The minimum absolute atomic E-state index is 0.155. The van der Waals surface area contributed by atoms with Crippen molar-refractivity contribution in [3.63, 3.8) is 0 Å². The number of anilines is 1. The highest BCUT2D eigenvalue weighted by Gasteiger charge is 2.33. The largest absolute Gasteiger partial charge is 0.434 e. The van der Waals surface area contributed by atoms with E-state index in [1.165, 1.54) is 0 Å². The van der Waals surface area contributed by atoms with Gasteiger partial charge in [-0.15, -0.1) is 11.3 Å². The van der Waals surface area contributed by atoms with Crippen molar-refractivity contribution in [3.05, 3.63) is 45.9 Å². The van der Waals surface area contributed by atoms with Crippen LogP contribution in [-0.4, -0.2) is 36.5 Å². The van der Waals surface area contributed by atoms with Crippen LogP contribution in [0.4, 0.5) is 18.9 Å². The Kier molecular flexibility index (Phi) is 7.30. The maximum atomic E-state index is 12.6. The number of nitrogens with one attached hydrogen (secondary N) is 2. The summed E-state index contributed by atoms with van der Waals surface area (Å²) in [6.07, 6.45) is -2.54. The van der Waals surface area contributed by atoms with Crippen molar-refractivity contribution in [1.82, 2.24) is 15.6 Å². The summed E-state index contributed by atoms with van der Waals surface area (Å²) >= 11 is 1.00. The first-order chi connectivity index (χ1) is 14.4. The summed E-state index contributed by atoms with van der Waals surface area (Å²) in [5, 5.41) is 7.70. The minimum atomic E-state index is -4.41. The summed E-state index contributed by atoms with van der Waals surface area (Å²) in [6, 6.07) is 7.74. The molecule has 3 rings (SSSR count). The topological polar surface area (TPSA) is 69.6 Å². The lowest BCUT2D eigenvalue weighted by atomic mass is 10.2. The van der Waals surface area contributed by atoms with Crippen LogP contribution in [0.3, 0.4) is 0 Å². The highest BCUT2D eigenvalue weighted by atomic mass is 32.1. The average Bonchev–Trinajstić information content (AvgIpc) is 3.35. The highest BCUT2D eigenvalue weighted by molar-refractivity contribution is 7.09. The van der Waals surface area contributed by atoms with Gasteiger partial charge in [-0.1, -0.05) is 12.1 Å². The molecular weight excluding hydrogens is 415 g/mol. The van der Waals surface area contributed by atoms with Crippen molar-refractivity contribution in [1.29, 1.82) is 0 Å². The number of aliphatic imine (C=N–C) groups is 1. The van der Waals surface area contributed by atoms with Gasteiger partial charge in [-0.2, -0.15) is 13.2 Å². The van der Waals surface area contributed by atoms with Gasteiger partial charge in [-0.25, -0.2) is 9.98 Å². The molecular formula is C20H24F3N5OS. The Morgan fingerprint density at radius 1 is 1.27 bits per heavy atom. The monoisotopic (exact) mass is 439 g/mol. The molecule has 2 aromatic rings. The van der Waals surface area contributed by atoms with Gasteiger partial charge < -0.3 is 15.5 Å². The van der Waals surface area contributed by atoms with Gasteiger partial charge in [0.25, 0.3) is 0 Å². The zero-order valence-corrected chi connectivity index (χ0v) is 17.4. The standard InChI is InChI=1S/C20H24F3N5OS/c1-2-24-19(25-10-9-17-27-16(13-30-17)20(21,22)23)26-12-14-5-7-15(8-6-14)28-11-3-4-18(28)29/h5-8,13H,2-4,9-12H2,1H3,(H2,24,25,26). The third kappa shape index (κ3) is 5.94. The number of halogens is 3. The van der Waals surface area contributed by atoms with Crippen LogP contribution in [0, 0.1) is 0 Å². The molecule has 0 spiro atoms. The Morgan fingerprint density at radius 3 is 2.63 bits per heavy atom. The number of carbonyl (C=O) groups excluding carboxylic acids is 1. The summed E-state index contributed by atoms with van der Waals surface area (Å²) in [5.41, 5.74) is 1.05. The van der Waals surface area contributed by atoms with Crippen molar-refractivity contribution in [2.45, 2.75) is 38.9 Å². The molecule has 2 N–H and O–H groups in total. The van der Waals surface area contributed by atoms with Gasteiger partial charge in [0.05, 0.1) is 11.6 Å². The average molecular weight is 440 g/mol. The molecule has 2 heterocycles. The summed E-state index contributed by atoms with van der Waals surface area (Å²) in [5.74, 6) is 0.742. The van der Waals surface area contributed by atoms with E-state index in [0.717, 1.165) is 40.9 Å². The normalized spacial score (nSPS) is 15.0. The number of aromatic nitrogens is 1. The number of alkyl halides is 3. The smallest absolute Gasteiger partial charge is 0.357 e. The van der Waals surface area contributed by atoms with E-state index in [1.54, 1.807) is 4.90 Å². The molecule has 0 radical (unpaired) electrons.